The first-order chi connectivity index (χ1) is 6.31. The van der Waals surface area contributed by atoms with Gasteiger partial charge in [0.05, 0.1) is 6.10 Å². The average Bonchev–Trinajstić information content (AvgIpc) is 2.16. The van der Waals surface area contributed by atoms with Crippen molar-refractivity contribution in [2.75, 3.05) is 26.7 Å². The van der Waals surface area contributed by atoms with Crippen LogP contribution in [-0.2, 0) is 4.74 Å². The molecular formula is C10H24N2O. The lowest BCUT2D eigenvalue weighted by molar-refractivity contribution is 0.117. The van der Waals surface area contributed by atoms with E-state index in [1.807, 2.05) is 0 Å². The van der Waals surface area contributed by atoms with Gasteiger partial charge in [-0.25, -0.2) is 0 Å². The van der Waals surface area contributed by atoms with Crippen LogP contribution in [0.4, 0.5) is 0 Å². The van der Waals surface area contributed by atoms with Crippen molar-refractivity contribution in [2.24, 2.45) is 5.73 Å². The SMILES string of the molecule is COC(C)CNCCCCCCN. The normalized spacial score (nSPS) is 13.2. The lowest BCUT2D eigenvalue weighted by Gasteiger charge is -2.10. The fraction of sp³-hybridized carbons (Fsp3) is 1.00. The summed E-state index contributed by atoms with van der Waals surface area (Å²) in [7, 11) is 1.74. The summed E-state index contributed by atoms with van der Waals surface area (Å²) >= 11 is 0. The highest BCUT2D eigenvalue weighted by molar-refractivity contribution is 4.54. The second-order valence-electron chi connectivity index (χ2n) is 3.45. The van der Waals surface area contributed by atoms with Crippen LogP contribution in [0.25, 0.3) is 0 Å². The Morgan fingerprint density at radius 2 is 1.92 bits per heavy atom. The number of ether oxygens (including phenoxy) is 1. The number of hydrogen-bond acceptors (Lipinski definition) is 3. The number of rotatable bonds is 9. The van der Waals surface area contributed by atoms with Crippen molar-refractivity contribution in [3.05, 3.63) is 0 Å². The standard InChI is InChI=1S/C10H24N2O/c1-10(13-2)9-12-8-6-4-3-5-7-11/h10,12H,3-9,11H2,1-2H3. The number of hydrogen-bond donors (Lipinski definition) is 2. The van der Waals surface area contributed by atoms with Crippen LogP contribution in [0.3, 0.4) is 0 Å². The zero-order chi connectivity index (χ0) is 9.94. The van der Waals surface area contributed by atoms with E-state index in [4.69, 9.17) is 10.5 Å². The molecule has 0 rings (SSSR count). The van der Waals surface area contributed by atoms with Crippen LogP contribution in [0.1, 0.15) is 32.6 Å². The van der Waals surface area contributed by atoms with Crippen LogP contribution in [0, 0.1) is 0 Å². The molecule has 0 saturated heterocycles. The van der Waals surface area contributed by atoms with Gasteiger partial charge in [0.25, 0.3) is 0 Å². The monoisotopic (exact) mass is 188 g/mol. The molecule has 1 atom stereocenters. The highest BCUT2D eigenvalue weighted by atomic mass is 16.5. The topological polar surface area (TPSA) is 47.3 Å². The number of nitrogens with two attached hydrogens (primary N) is 1. The van der Waals surface area contributed by atoms with Crippen molar-refractivity contribution in [2.45, 2.75) is 38.7 Å². The van der Waals surface area contributed by atoms with E-state index in [1.165, 1.54) is 19.3 Å². The zero-order valence-corrected chi connectivity index (χ0v) is 9.01. The van der Waals surface area contributed by atoms with Crippen LogP contribution in [0.5, 0.6) is 0 Å². The van der Waals surface area contributed by atoms with E-state index >= 15 is 0 Å². The van der Waals surface area contributed by atoms with E-state index in [9.17, 15) is 0 Å². The fourth-order valence-electron chi connectivity index (χ4n) is 1.14. The number of methoxy groups -OCH3 is 1. The molecule has 0 fully saturated rings. The Hall–Kier alpha value is -0.120. The second-order valence-corrected chi connectivity index (χ2v) is 3.45. The van der Waals surface area contributed by atoms with Crippen molar-refractivity contribution in [1.29, 1.82) is 0 Å². The lowest BCUT2D eigenvalue weighted by Crippen LogP contribution is -2.26. The van der Waals surface area contributed by atoms with Crippen LogP contribution < -0.4 is 11.1 Å². The quantitative estimate of drug-likeness (QED) is 0.533. The van der Waals surface area contributed by atoms with E-state index in [0.29, 0.717) is 6.10 Å². The molecule has 13 heavy (non-hydrogen) atoms. The van der Waals surface area contributed by atoms with Gasteiger partial charge in [-0.05, 0) is 32.9 Å². The largest absolute Gasteiger partial charge is 0.380 e. The van der Waals surface area contributed by atoms with Crippen molar-refractivity contribution in [3.63, 3.8) is 0 Å². The van der Waals surface area contributed by atoms with Crippen molar-refractivity contribution >= 4 is 0 Å². The third-order valence-corrected chi connectivity index (χ3v) is 2.14. The molecule has 3 nitrogen and oxygen atoms in total. The van der Waals surface area contributed by atoms with Gasteiger partial charge in [-0.2, -0.15) is 0 Å². The summed E-state index contributed by atoms with van der Waals surface area (Å²) in [6, 6.07) is 0. The Morgan fingerprint density at radius 3 is 2.54 bits per heavy atom. The molecule has 0 saturated carbocycles. The molecule has 0 aromatic heterocycles. The summed E-state index contributed by atoms with van der Waals surface area (Å²) < 4.78 is 5.12. The van der Waals surface area contributed by atoms with Gasteiger partial charge < -0.3 is 15.8 Å². The first-order valence-corrected chi connectivity index (χ1v) is 5.24. The van der Waals surface area contributed by atoms with Crippen molar-refractivity contribution < 1.29 is 4.74 Å². The summed E-state index contributed by atoms with van der Waals surface area (Å²) in [6.07, 6.45) is 5.28. The average molecular weight is 188 g/mol. The molecule has 1 unspecified atom stereocenters. The third kappa shape index (κ3) is 9.80. The molecule has 3 heteroatoms. The Labute approximate surface area is 82.0 Å². The Balaban J connectivity index is 2.91. The maximum Gasteiger partial charge on any atom is 0.0667 e. The Morgan fingerprint density at radius 1 is 1.23 bits per heavy atom. The Kier molecular flexibility index (Phi) is 9.87. The van der Waals surface area contributed by atoms with Gasteiger partial charge in [0.2, 0.25) is 0 Å². The van der Waals surface area contributed by atoms with Crippen LogP contribution >= 0.6 is 0 Å². The maximum absolute atomic E-state index is 5.40. The van der Waals surface area contributed by atoms with E-state index in [1.54, 1.807) is 7.11 Å². The van der Waals surface area contributed by atoms with Gasteiger partial charge in [-0.15, -0.1) is 0 Å². The smallest absolute Gasteiger partial charge is 0.0667 e. The molecule has 0 spiro atoms. The summed E-state index contributed by atoms with van der Waals surface area (Å²) in [4.78, 5) is 0. The minimum Gasteiger partial charge on any atom is -0.380 e. The molecule has 0 bridgehead atoms. The van der Waals surface area contributed by atoms with Crippen LogP contribution in [0.2, 0.25) is 0 Å². The fourth-order valence-corrected chi connectivity index (χ4v) is 1.14. The zero-order valence-electron chi connectivity index (χ0n) is 9.01. The molecule has 0 aliphatic carbocycles. The van der Waals surface area contributed by atoms with Gasteiger partial charge in [0, 0.05) is 13.7 Å². The third-order valence-electron chi connectivity index (χ3n) is 2.14. The summed E-state index contributed by atoms with van der Waals surface area (Å²) in [6.45, 7) is 4.95. The Bertz CT molecular complexity index is 98.9. The predicted octanol–water partition coefficient (Wildman–Crippen LogP) is 1.13. The number of nitrogens with one attached hydrogen (secondary N) is 1. The molecule has 3 N–H and O–H groups in total. The van der Waals surface area contributed by atoms with Crippen molar-refractivity contribution in [1.82, 2.24) is 5.32 Å². The molecule has 0 aromatic rings. The lowest BCUT2D eigenvalue weighted by atomic mass is 10.2. The second kappa shape index (κ2) is 9.96. The molecule has 0 radical (unpaired) electrons. The highest BCUT2D eigenvalue weighted by Gasteiger charge is 1.96. The first-order valence-electron chi connectivity index (χ1n) is 5.24. The van der Waals surface area contributed by atoms with Crippen molar-refractivity contribution in [3.8, 4) is 0 Å². The first kappa shape index (κ1) is 12.9. The van der Waals surface area contributed by atoms with E-state index < -0.39 is 0 Å². The molecule has 0 aromatic carbocycles. The van der Waals surface area contributed by atoms with E-state index in [2.05, 4.69) is 12.2 Å². The molecule has 0 aliphatic rings. The minimum atomic E-state index is 0.323. The van der Waals surface area contributed by atoms with Gasteiger partial charge in [-0.1, -0.05) is 12.8 Å². The van der Waals surface area contributed by atoms with Gasteiger partial charge in [-0.3, -0.25) is 0 Å². The molecule has 80 valence electrons. The van der Waals surface area contributed by atoms with Gasteiger partial charge in [0.1, 0.15) is 0 Å². The molecule has 0 aliphatic heterocycles. The van der Waals surface area contributed by atoms with Crippen LogP contribution in [0.15, 0.2) is 0 Å². The van der Waals surface area contributed by atoms with Gasteiger partial charge >= 0.3 is 0 Å². The molecule has 0 heterocycles. The summed E-state index contributed by atoms with van der Waals surface area (Å²) in [5, 5.41) is 3.36. The summed E-state index contributed by atoms with van der Waals surface area (Å²) in [5.41, 5.74) is 5.40. The maximum atomic E-state index is 5.40. The predicted molar refractivity (Wildman–Crippen MR) is 56.9 cm³/mol. The minimum absolute atomic E-state index is 0.323. The summed E-state index contributed by atoms with van der Waals surface area (Å²) in [5.74, 6) is 0. The molecular weight excluding hydrogens is 164 g/mol. The van der Waals surface area contributed by atoms with E-state index in [0.717, 1.165) is 26.1 Å². The molecule has 0 amide bonds. The van der Waals surface area contributed by atoms with E-state index in [-0.39, 0.29) is 0 Å². The van der Waals surface area contributed by atoms with Crippen LogP contribution in [-0.4, -0.2) is 32.8 Å². The van der Waals surface area contributed by atoms with Gasteiger partial charge in [0.15, 0.2) is 0 Å². The number of unbranched alkanes of at least 4 members (excludes halogenated alkanes) is 3. The highest BCUT2D eigenvalue weighted by Crippen LogP contribution is 1.96.